The number of anilines is 2. The highest BCUT2D eigenvalue weighted by Gasteiger charge is 2.19. The fourth-order valence-corrected chi connectivity index (χ4v) is 4.01. The number of nitrogens with two attached hydrogens (primary N) is 1. The van der Waals surface area contributed by atoms with Crippen molar-refractivity contribution in [1.29, 1.82) is 0 Å². The van der Waals surface area contributed by atoms with Gasteiger partial charge in [0.1, 0.15) is 0 Å². The third-order valence-electron chi connectivity index (χ3n) is 3.05. The van der Waals surface area contributed by atoms with Gasteiger partial charge < -0.3 is 5.73 Å². The Morgan fingerprint density at radius 3 is 2.45 bits per heavy atom. The Labute approximate surface area is 132 Å². The van der Waals surface area contributed by atoms with Crippen LogP contribution in [0, 0.1) is 17.4 Å². The van der Waals surface area contributed by atoms with Crippen molar-refractivity contribution in [1.82, 2.24) is 0 Å². The lowest BCUT2D eigenvalue weighted by Crippen LogP contribution is -2.16. The van der Waals surface area contributed by atoms with E-state index in [1.165, 1.54) is 6.07 Å². The minimum atomic E-state index is -3.65. The molecule has 0 aliphatic heterocycles. The van der Waals surface area contributed by atoms with E-state index in [1.54, 1.807) is 25.1 Å². The summed E-state index contributed by atoms with van der Waals surface area (Å²) in [5.41, 5.74) is 8.32. The number of hydrogen-bond acceptors (Lipinski definition) is 3. The molecular formula is C14H15IN2O2S. The van der Waals surface area contributed by atoms with Crippen LogP contribution in [0.25, 0.3) is 0 Å². The predicted molar refractivity (Wildman–Crippen MR) is 90.3 cm³/mol. The van der Waals surface area contributed by atoms with Crippen LogP contribution in [0.4, 0.5) is 11.4 Å². The van der Waals surface area contributed by atoms with E-state index in [0.29, 0.717) is 16.9 Å². The van der Waals surface area contributed by atoms with Crippen LogP contribution in [-0.4, -0.2) is 8.42 Å². The molecule has 20 heavy (non-hydrogen) atoms. The van der Waals surface area contributed by atoms with Crippen LogP contribution in [0.5, 0.6) is 0 Å². The number of aryl methyl sites for hydroxylation is 1. The molecule has 2 aromatic carbocycles. The van der Waals surface area contributed by atoms with E-state index in [1.807, 2.05) is 19.1 Å². The molecule has 106 valence electrons. The van der Waals surface area contributed by atoms with Crippen molar-refractivity contribution in [3.63, 3.8) is 0 Å². The SMILES string of the molecule is Cc1cc(N)cc(S(=O)(=O)Nc2ccccc2I)c1C. The second-order valence-electron chi connectivity index (χ2n) is 4.55. The van der Waals surface area contributed by atoms with E-state index in [-0.39, 0.29) is 4.90 Å². The van der Waals surface area contributed by atoms with Crippen molar-refractivity contribution in [3.05, 3.63) is 51.1 Å². The lowest BCUT2D eigenvalue weighted by molar-refractivity contribution is 0.600. The maximum absolute atomic E-state index is 12.5. The van der Waals surface area contributed by atoms with E-state index in [4.69, 9.17) is 5.73 Å². The van der Waals surface area contributed by atoms with Gasteiger partial charge in [-0.15, -0.1) is 0 Å². The minimum Gasteiger partial charge on any atom is -0.399 e. The van der Waals surface area contributed by atoms with Crippen LogP contribution in [0.1, 0.15) is 11.1 Å². The van der Waals surface area contributed by atoms with Gasteiger partial charge in [0, 0.05) is 9.26 Å². The van der Waals surface area contributed by atoms with Gasteiger partial charge in [0.15, 0.2) is 0 Å². The van der Waals surface area contributed by atoms with Gasteiger partial charge in [-0.25, -0.2) is 8.42 Å². The number of nitrogens with one attached hydrogen (secondary N) is 1. The zero-order valence-corrected chi connectivity index (χ0v) is 14.1. The van der Waals surface area contributed by atoms with E-state index in [9.17, 15) is 8.42 Å². The molecule has 0 aromatic heterocycles. The summed E-state index contributed by atoms with van der Waals surface area (Å²) in [7, 11) is -3.65. The molecule has 0 heterocycles. The number of benzene rings is 2. The highest BCUT2D eigenvalue weighted by Crippen LogP contribution is 2.26. The van der Waals surface area contributed by atoms with E-state index >= 15 is 0 Å². The molecule has 6 heteroatoms. The Morgan fingerprint density at radius 1 is 1.15 bits per heavy atom. The zero-order valence-electron chi connectivity index (χ0n) is 11.1. The molecule has 0 saturated carbocycles. The Kier molecular flexibility index (Phi) is 4.24. The molecule has 0 spiro atoms. The number of hydrogen-bond donors (Lipinski definition) is 2. The summed E-state index contributed by atoms with van der Waals surface area (Å²) in [5, 5.41) is 0. The second-order valence-corrected chi connectivity index (χ2v) is 7.36. The van der Waals surface area contributed by atoms with Crippen molar-refractivity contribution in [3.8, 4) is 0 Å². The summed E-state index contributed by atoms with van der Waals surface area (Å²) in [6.45, 7) is 3.62. The lowest BCUT2D eigenvalue weighted by Gasteiger charge is -2.13. The van der Waals surface area contributed by atoms with Crippen molar-refractivity contribution < 1.29 is 8.42 Å². The molecule has 0 saturated heterocycles. The molecular weight excluding hydrogens is 387 g/mol. The number of halogens is 1. The van der Waals surface area contributed by atoms with Crippen LogP contribution in [0.2, 0.25) is 0 Å². The van der Waals surface area contributed by atoms with Crippen molar-refractivity contribution in [2.24, 2.45) is 0 Å². The van der Waals surface area contributed by atoms with Crippen LogP contribution < -0.4 is 10.5 Å². The molecule has 0 aliphatic carbocycles. The van der Waals surface area contributed by atoms with Gasteiger partial charge in [0.2, 0.25) is 0 Å². The topological polar surface area (TPSA) is 72.2 Å². The second kappa shape index (κ2) is 5.61. The van der Waals surface area contributed by atoms with E-state index in [0.717, 1.165) is 9.13 Å². The van der Waals surface area contributed by atoms with E-state index < -0.39 is 10.0 Å². The van der Waals surface area contributed by atoms with Crippen LogP contribution in [-0.2, 0) is 10.0 Å². The minimum absolute atomic E-state index is 0.217. The molecule has 3 N–H and O–H groups in total. The molecule has 2 rings (SSSR count). The van der Waals surface area contributed by atoms with Gasteiger partial charge in [-0.2, -0.15) is 0 Å². The first kappa shape index (κ1) is 15.1. The molecule has 4 nitrogen and oxygen atoms in total. The fraction of sp³-hybridized carbons (Fsp3) is 0.143. The average molecular weight is 402 g/mol. The van der Waals surface area contributed by atoms with Gasteiger partial charge >= 0.3 is 0 Å². The molecule has 0 aliphatic rings. The molecule has 0 bridgehead atoms. The number of rotatable bonds is 3. The molecule has 0 atom stereocenters. The third-order valence-corrected chi connectivity index (χ3v) is 5.48. The standard InChI is InChI=1S/C14H15IN2O2S/c1-9-7-11(16)8-14(10(9)2)20(18,19)17-13-6-4-3-5-12(13)15/h3-8,17H,16H2,1-2H3. The van der Waals surface area contributed by atoms with Crippen molar-refractivity contribution >= 4 is 44.0 Å². The van der Waals surface area contributed by atoms with Gasteiger partial charge in [0.25, 0.3) is 10.0 Å². The Bertz CT molecular complexity index is 758. The van der Waals surface area contributed by atoms with Crippen LogP contribution in [0.3, 0.4) is 0 Å². The first-order chi connectivity index (χ1) is 9.31. The Balaban J connectivity index is 2.49. The number of nitrogen functional groups attached to an aromatic ring is 1. The molecule has 0 fully saturated rings. The Hall–Kier alpha value is -1.28. The lowest BCUT2D eigenvalue weighted by atomic mass is 10.1. The summed E-state index contributed by atoms with van der Waals surface area (Å²) in [6.07, 6.45) is 0. The highest BCUT2D eigenvalue weighted by molar-refractivity contribution is 14.1. The summed E-state index contributed by atoms with van der Waals surface area (Å²) in [4.78, 5) is 0.217. The summed E-state index contributed by atoms with van der Waals surface area (Å²) >= 11 is 2.09. The predicted octanol–water partition coefficient (Wildman–Crippen LogP) is 3.29. The average Bonchev–Trinajstić information content (AvgIpc) is 2.36. The molecule has 0 unspecified atom stereocenters. The molecule has 2 aromatic rings. The van der Waals surface area contributed by atoms with Gasteiger partial charge in [-0.05, 0) is 71.8 Å². The van der Waals surface area contributed by atoms with Crippen molar-refractivity contribution in [2.45, 2.75) is 18.7 Å². The third kappa shape index (κ3) is 3.06. The van der Waals surface area contributed by atoms with Crippen molar-refractivity contribution in [2.75, 3.05) is 10.5 Å². The molecule has 0 amide bonds. The van der Waals surface area contributed by atoms with Gasteiger partial charge in [-0.1, -0.05) is 12.1 Å². The van der Waals surface area contributed by atoms with Crippen LogP contribution in [0.15, 0.2) is 41.3 Å². The fourth-order valence-electron chi connectivity index (χ4n) is 1.88. The maximum Gasteiger partial charge on any atom is 0.262 e. The van der Waals surface area contributed by atoms with Gasteiger partial charge in [0.05, 0.1) is 10.6 Å². The quantitative estimate of drug-likeness (QED) is 0.612. The number of para-hydroxylation sites is 1. The largest absolute Gasteiger partial charge is 0.399 e. The van der Waals surface area contributed by atoms with Crippen LogP contribution >= 0.6 is 22.6 Å². The molecule has 0 radical (unpaired) electrons. The van der Waals surface area contributed by atoms with Gasteiger partial charge in [-0.3, -0.25) is 4.72 Å². The first-order valence-corrected chi connectivity index (χ1v) is 8.51. The first-order valence-electron chi connectivity index (χ1n) is 5.95. The number of sulfonamides is 1. The Morgan fingerprint density at radius 2 is 1.80 bits per heavy atom. The van der Waals surface area contributed by atoms with E-state index in [2.05, 4.69) is 27.3 Å². The highest BCUT2D eigenvalue weighted by atomic mass is 127. The smallest absolute Gasteiger partial charge is 0.262 e. The normalized spacial score (nSPS) is 11.3. The zero-order chi connectivity index (χ0) is 14.9. The summed E-state index contributed by atoms with van der Waals surface area (Å²) < 4.78 is 28.5. The summed E-state index contributed by atoms with van der Waals surface area (Å²) in [6, 6.07) is 10.5. The summed E-state index contributed by atoms with van der Waals surface area (Å²) in [5.74, 6) is 0. The maximum atomic E-state index is 12.5. The monoisotopic (exact) mass is 402 g/mol.